The fourth-order valence-corrected chi connectivity index (χ4v) is 4.57. The number of carbonyl (C=O) groups excluding carboxylic acids is 2. The molecule has 0 saturated heterocycles. The summed E-state index contributed by atoms with van der Waals surface area (Å²) in [6.07, 6.45) is 4.24. The van der Waals surface area contributed by atoms with Crippen LogP contribution in [-0.4, -0.2) is 66.7 Å². The van der Waals surface area contributed by atoms with E-state index in [4.69, 9.17) is 20.3 Å². The molecule has 0 bridgehead atoms. The highest BCUT2D eigenvalue weighted by Gasteiger charge is 2.43. The summed E-state index contributed by atoms with van der Waals surface area (Å²) in [4.78, 5) is 37.7. The third-order valence-corrected chi connectivity index (χ3v) is 7.24. The Labute approximate surface area is 260 Å². The lowest BCUT2D eigenvalue weighted by Crippen LogP contribution is -2.42. The van der Waals surface area contributed by atoms with Crippen LogP contribution in [0.15, 0.2) is 61.7 Å². The zero-order valence-electron chi connectivity index (χ0n) is 25.0. The Morgan fingerprint density at radius 1 is 1.17 bits per heavy atom. The van der Waals surface area contributed by atoms with Crippen LogP contribution in [0, 0.1) is 17.5 Å². The summed E-state index contributed by atoms with van der Waals surface area (Å²) in [5, 5.41) is 25.1. The Morgan fingerprint density at radius 3 is 2.63 bits per heavy atom. The van der Waals surface area contributed by atoms with Gasteiger partial charge in [-0.2, -0.15) is 4.57 Å². The summed E-state index contributed by atoms with van der Waals surface area (Å²) in [5.74, 6) is -4.64. The van der Waals surface area contributed by atoms with Crippen molar-refractivity contribution in [1.29, 1.82) is 0 Å². The van der Waals surface area contributed by atoms with E-state index in [9.17, 15) is 23.5 Å². The number of aromatic nitrogens is 6. The molecule has 4 N–H and O–H groups in total. The van der Waals surface area contributed by atoms with Crippen LogP contribution >= 0.6 is 0 Å². The van der Waals surface area contributed by atoms with Gasteiger partial charge in [0.05, 0.1) is 18.5 Å². The van der Waals surface area contributed by atoms with Gasteiger partial charge in [0.25, 0.3) is 6.33 Å². The van der Waals surface area contributed by atoms with Crippen LogP contribution in [0.4, 0.5) is 23.8 Å². The van der Waals surface area contributed by atoms with Gasteiger partial charge in [-0.05, 0) is 12.1 Å². The maximum Gasteiger partial charge on any atom is 0.418 e. The van der Waals surface area contributed by atoms with Crippen molar-refractivity contribution in [3.05, 3.63) is 96.0 Å². The van der Waals surface area contributed by atoms with Crippen LogP contribution in [0.2, 0.25) is 0 Å². The van der Waals surface area contributed by atoms with Crippen LogP contribution in [0.3, 0.4) is 0 Å². The maximum atomic E-state index is 15.0. The van der Waals surface area contributed by atoms with E-state index in [0.29, 0.717) is 11.6 Å². The quantitative estimate of drug-likeness (QED) is 0.150. The van der Waals surface area contributed by atoms with E-state index in [2.05, 4.69) is 20.1 Å². The van der Waals surface area contributed by atoms with Gasteiger partial charge in [-0.15, -0.1) is 4.68 Å². The van der Waals surface area contributed by atoms with Crippen LogP contribution in [0.1, 0.15) is 42.8 Å². The van der Waals surface area contributed by atoms with Gasteiger partial charge in [-0.3, -0.25) is 9.69 Å². The molecule has 14 nitrogen and oxygen atoms in total. The Hall–Kier alpha value is -5.00. The van der Waals surface area contributed by atoms with E-state index < -0.39 is 66.5 Å². The molecule has 4 atom stereocenters. The van der Waals surface area contributed by atoms with Gasteiger partial charge >= 0.3 is 12.1 Å². The molecule has 0 saturated carbocycles. The molecule has 4 rings (SSSR count). The first-order valence-electron chi connectivity index (χ1n) is 13.8. The minimum Gasteiger partial charge on any atom is -0.459 e. The molecule has 17 heteroatoms. The minimum atomic E-state index is -2.18. The number of aliphatic hydroxyl groups excluding tert-OH is 1. The lowest BCUT2D eigenvalue weighted by atomic mass is 9.79. The largest absolute Gasteiger partial charge is 0.459 e. The average Bonchev–Trinajstić information content (AvgIpc) is 3.51. The van der Waals surface area contributed by atoms with Crippen molar-refractivity contribution in [3.8, 4) is 0 Å². The number of rotatable bonds is 12. The molecule has 0 aliphatic rings. The summed E-state index contributed by atoms with van der Waals surface area (Å²) in [7, 11) is 1.39. The first-order chi connectivity index (χ1) is 21.8. The normalized spacial score (nSPS) is 14.5. The Kier molecular flexibility index (Phi) is 10.6. The second-order valence-corrected chi connectivity index (χ2v) is 10.3. The van der Waals surface area contributed by atoms with Crippen molar-refractivity contribution >= 4 is 17.9 Å². The average molecular weight is 646 g/mol. The number of hydrogen-bond acceptors (Lipinski definition) is 11. The van der Waals surface area contributed by atoms with Gasteiger partial charge in [0.2, 0.25) is 12.6 Å². The van der Waals surface area contributed by atoms with Crippen LogP contribution in [0.25, 0.3) is 0 Å². The molecule has 0 spiro atoms. The Bertz CT molecular complexity index is 1690. The number of ether oxygens (including phenoxy) is 2. The number of benzene rings is 1. The SMILES string of the molecule is CC(OC(=O)N(C)c1ncccc1COC(=O)[C@@H](N)CO)[n+]1cnn(C[C@](O)(c2ccc(F)cc2F)[C@@H](C)c2ncncc2F)c1. The van der Waals surface area contributed by atoms with Gasteiger partial charge in [-0.25, -0.2) is 32.9 Å². The summed E-state index contributed by atoms with van der Waals surface area (Å²) >= 11 is 0. The minimum absolute atomic E-state index is 0.128. The van der Waals surface area contributed by atoms with E-state index in [1.807, 2.05) is 0 Å². The molecule has 244 valence electrons. The summed E-state index contributed by atoms with van der Waals surface area (Å²) < 4.78 is 56.6. The van der Waals surface area contributed by atoms with Crippen LogP contribution in [0.5, 0.6) is 0 Å². The van der Waals surface area contributed by atoms with Crippen LogP contribution in [-0.2, 0) is 33.0 Å². The first-order valence-corrected chi connectivity index (χ1v) is 13.8. The summed E-state index contributed by atoms with van der Waals surface area (Å²) in [6.45, 7) is 1.64. The number of aliphatic hydroxyl groups is 2. The number of amides is 1. The molecule has 0 aliphatic heterocycles. The molecule has 46 heavy (non-hydrogen) atoms. The van der Waals surface area contributed by atoms with E-state index in [-0.39, 0.29) is 23.7 Å². The number of esters is 1. The number of halogens is 3. The Balaban J connectivity index is 1.52. The lowest BCUT2D eigenvalue weighted by Gasteiger charge is -2.32. The lowest BCUT2D eigenvalue weighted by molar-refractivity contribution is -0.753. The third kappa shape index (κ3) is 7.44. The third-order valence-electron chi connectivity index (χ3n) is 7.24. The van der Waals surface area contributed by atoms with E-state index in [1.165, 1.54) is 49.0 Å². The standard InChI is InChI=1S/C29H32F3N8O6/c1-17(25-23(32)10-34-14-36-25)29(44,21-7-6-20(30)9-22(21)31)13-40-16-39(15-37-40)18(2)46-28(43)38(3)26-19(5-4-8-35-26)12-45-27(42)24(33)11-41/h4-10,14-18,24,41,44H,11-13,33H2,1-3H3/q+1/t17-,18?,24-,29+/m0/s1. The van der Waals surface area contributed by atoms with Crippen molar-refractivity contribution < 1.29 is 47.0 Å². The molecule has 1 amide bonds. The first kappa shape index (κ1) is 33.9. The van der Waals surface area contributed by atoms with Crippen molar-refractivity contribution in [2.24, 2.45) is 5.73 Å². The van der Waals surface area contributed by atoms with Gasteiger partial charge in [0, 0.05) is 48.4 Å². The molecular formula is C29H32F3N8O6+. The van der Waals surface area contributed by atoms with Crippen molar-refractivity contribution in [2.45, 2.75) is 50.8 Å². The maximum absolute atomic E-state index is 15.0. The molecule has 3 aromatic heterocycles. The molecular weight excluding hydrogens is 613 g/mol. The number of nitrogens with two attached hydrogens (primary N) is 1. The molecule has 1 aromatic carbocycles. The van der Waals surface area contributed by atoms with Gasteiger partial charge < -0.3 is 25.4 Å². The molecule has 0 radical (unpaired) electrons. The highest BCUT2D eigenvalue weighted by molar-refractivity contribution is 5.86. The zero-order chi connectivity index (χ0) is 33.6. The van der Waals surface area contributed by atoms with Crippen LogP contribution < -0.4 is 15.2 Å². The second kappa shape index (κ2) is 14.4. The number of pyridine rings is 1. The highest BCUT2D eigenvalue weighted by Crippen LogP contribution is 2.39. The van der Waals surface area contributed by atoms with Gasteiger partial charge in [0.1, 0.15) is 48.6 Å². The summed E-state index contributed by atoms with van der Waals surface area (Å²) in [5.41, 5.74) is 3.11. The predicted molar refractivity (Wildman–Crippen MR) is 152 cm³/mol. The zero-order valence-corrected chi connectivity index (χ0v) is 25.0. The van der Waals surface area contributed by atoms with E-state index in [0.717, 1.165) is 29.6 Å². The highest BCUT2D eigenvalue weighted by atomic mass is 19.1. The molecule has 3 heterocycles. The monoisotopic (exact) mass is 645 g/mol. The molecule has 0 aliphatic carbocycles. The van der Waals surface area contributed by atoms with Gasteiger partial charge in [0.15, 0.2) is 5.82 Å². The van der Waals surface area contributed by atoms with E-state index >= 15 is 4.39 Å². The Morgan fingerprint density at radius 2 is 1.93 bits per heavy atom. The smallest absolute Gasteiger partial charge is 0.418 e. The molecule has 0 fully saturated rings. The summed E-state index contributed by atoms with van der Waals surface area (Å²) in [6, 6.07) is 4.56. The van der Waals surface area contributed by atoms with Crippen molar-refractivity contribution in [3.63, 3.8) is 0 Å². The number of nitrogens with zero attached hydrogens (tertiary/aromatic N) is 7. The molecule has 4 aromatic rings. The number of anilines is 1. The predicted octanol–water partition coefficient (Wildman–Crippen LogP) is 1.62. The fourth-order valence-electron chi connectivity index (χ4n) is 4.57. The van der Waals surface area contributed by atoms with E-state index in [1.54, 1.807) is 12.1 Å². The second-order valence-electron chi connectivity index (χ2n) is 10.3. The number of hydrogen-bond donors (Lipinski definition) is 3. The van der Waals surface area contributed by atoms with Crippen molar-refractivity contribution in [2.75, 3.05) is 18.6 Å². The van der Waals surface area contributed by atoms with Crippen molar-refractivity contribution in [1.82, 2.24) is 24.7 Å². The van der Waals surface area contributed by atoms with Gasteiger partial charge in [-0.1, -0.05) is 19.1 Å². The molecule has 1 unspecified atom stereocenters. The fraction of sp³-hybridized carbons (Fsp3) is 0.345. The topological polar surface area (TPSA) is 183 Å². The number of carbonyl (C=O) groups is 2.